The van der Waals surface area contributed by atoms with Crippen molar-refractivity contribution in [2.75, 3.05) is 6.61 Å². The molecule has 0 aromatic carbocycles. The lowest BCUT2D eigenvalue weighted by atomic mass is 10.1. The highest BCUT2D eigenvalue weighted by Gasteiger charge is 2.35. The largest absolute Gasteiger partial charge is 0.394 e. The van der Waals surface area contributed by atoms with Gasteiger partial charge >= 0.3 is 0 Å². The molecule has 0 aromatic heterocycles. The van der Waals surface area contributed by atoms with Gasteiger partial charge in [0, 0.05) is 6.42 Å². The highest BCUT2D eigenvalue weighted by Crippen LogP contribution is 2.24. The molecule has 3 N–H and O–H groups in total. The Bertz CT molecular complexity index is 209. The molecule has 0 saturated carbocycles. The molecule has 1 aliphatic heterocycles. The lowest BCUT2D eigenvalue weighted by molar-refractivity contribution is -0.175. The van der Waals surface area contributed by atoms with Crippen molar-refractivity contribution in [3.63, 3.8) is 0 Å². The first kappa shape index (κ1) is 14.9. The van der Waals surface area contributed by atoms with Gasteiger partial charge < -0.3 is 24.8 Å². The number of aliphatic hydroxyl groups is 3. The molecule has 1 saturated heterocycles. The lowest BCUT2D eigenvalue weighted by Crippen LogP contribution is -2.26. The zero-order valence-electron chi connectivity index (χ0n) is 10.6. The quantitative estimate of drug-likeness (QED) is 0.608. The van der Waals surface area contributed by atoms with Gasteiger partial charge in [0.2, 0.25) is 0 Å². The fraction of sp³-hybridized carbons (Fsp3) is 1.00. The highest BCUT2D eigenvalue weighted by molar-refractivity contribution is 4.78. The van der Waals surface area contributed by atoms with E-state index in [-0.39, 0.29) is 12.7 Å². The number of rotatable bonds is 7. The number of ether oxygens (including phenoxy) is 2. The maximum Gasteiger partial charge on any atom is 0.161 e. The standard InChI is InChI=1S/C12H24O5/c1-3-4-9(5-8(2)14)16-12-6-10(15)11(7-13)17-12/h8-15H,3-7H2,1-2H3/t8?,9?,10?,11-,12?/m0/s1. The van der Waals surface area contributed by atoms with E-state index in [2.05, 4.69) is 6.92 Å². The van der Waals surface area contributed by atoms with Crippen molar-refractivity contribution in [1.82, 2.24) is 0 Å². The Morgan fingerprint density at radius 3 is 2.65 bits per heavy atom. The van der Waals surface area contributed by atoms with E-state index >= 15 is 0 Å². The Balaban J connectivity index is 2.39. The van der Waals surface area contributed by atoms with Crippen LogP contribution in [0.4, 0.5) is 0 Å². The minimum atomic E-state index is -0.668. The van der Waals surface area contributed by atoms with Crippen LogP contribution in [0.3, 0.4) is 0 Å². The van der Waals surface area contributed by atoms with Crippen LogP contribution in [0.1, 0.15) is 39.5 Å². The molecule has 17 heavy (non-hydrogen) atoms. The number of hydrogen-bond acceptors (Lipinski definition) is 5. The van der Waals surface area contributed by atoms with Gasteiger partial charge in [0.1, 0.15) is 6.10 Å². The van der Waals surface area contributed by atoms with Crippen LogP contribution >= 0.6 is 0 Å². The molecule has 0 bridgehead atoms. The van der Waals surface area contributed by atoms with Gasteiger partial charge in [-0.15, -0.1) is 0 Å². The topological polar surface area (TPSA) is 79.2 Å². The third-order valence-electron chi connectivity index (χ3n) is 2.93. The van der Waals surface area contributed by atoms with Gasteiger partial charge in [0.15, 0.2) is 6.29 Å². The van der Waals surface area contributed by atoms with Gasteiger partial charge in [-0.2, -0.15) is 0 Å². The average molecular weight is 248 g/mol. The molecule has 1 rings (SSSR count). The van der Waals surface area contributed by atoms with Crippen LogP contribution in [-0.4, -0.2) is 52.6 Å². The van der Waals surface area contributed by atoms with E-state index in [0.717, 1.165) is 12.8 Å². The predicted molar refractivity (Wildman–Crippen MR) is 62.4 cm³/mol. The first-order valence-electron chi connectivity index (χ1n) is 6.34. The first-order valence-corrected chi connectivity index (χ1v) is 6.34. The molecule has 4 unspecified atom stereocenters. The molecule has 1 fully saturated rings. The maximum atomic E-state index is 9.57. The summed E-state index contributed by atoms with van der Waals surface area (Å²) in [5, 5.41) is 27.9. The Morgan fingerprint density at radius 1 is 1.47 bits per heavy atom. The molecule has 5 nitrogen and oxygen atoms in total. The Hall–Kier alpha value is -0.200. The van der Waals surface area contributed by atoms with Gasteiger partial charge in [0.05, 0.1) is 24.9 Å². The molecular formula is C12H24O5. The first-order chi connectivity index (χ1) is 8.06. The fourth-order valence-electron chi connectivity index (χ4n) is 2.10. The molecule has 0 amide bonds. The second-order valence-corrected chi connectivity index (χ2v) is 4.72. The second kappa shape index (κ2) is 7.28. The molecule has 0 aromatic rings. The van der Waals surface area contributed by atoms with E-state index < -0.39 is 24.6 Å². The van der Waals surface area contributed by atoms with Crippen molar-refractivity contribution in [3.05, 3.63) is 0 Å². The van der Waals surface area contributed by atoms with Crippen molar-refractivity contribution in [2.24, 2.45) is 0 Å². The van der Waals surface area contributed by atoms with E-state index in [0.29, 0.717) is 12.8 Å². The van der Waals surface area contributed by atoms with E-state index in [1.54, 1.807) is 6.92 Å². The fourth-order valence-corrected chi connectivity index (χ4v) is 2.10. The van der Waals surface area contributed by atoms with Crippen LogP contribution in [0.25, 0.3) is 0 Å². The number of aliphatic hydroxyl groups excluding tert-OH is 3. The monoisotopic (exact) mass is 248 g/mol. The summed E-state index contributed by atoms with van der Waals surface area (Å²) in [5.74, 6) is 0. The van der Waals surface area contributed by atoms with Gasteiger partial charge in [0.25, 0.3) is 0 Å². The van der Waals surface area contributed by atoms with E-state index in [1.807, 2.05) is 0 Å². The zero-order chi connectivity index (χ0) is 12.8. The summed E-state index contributed by atoms with van der Waals surface area (Å²) in [4.78, 5) is 0. The second-order valence-electron chi connectivity index (χ2n) is 4.72. The Morgan fingerprint density at radius 2 is 2.18 bits per heavy atom. The summed E-state index contributed by atoms with van der Waals surface area (Å²) < 4.78 is 11.1. The molecular weight excluding hydrogens is 224 g/mol. The molecule has 5 heteroatoms. The summed E-state index contributed by atoms with van der Waals surface area (Å²) in [7, 11) is 0. The molecule has 102 valence electrons. The zero-order valence-corrected chi connectivity index (χ0v) is 10.6. The van der Waals surface area contributed by atoms with Gasteiger partial charge in [-0.1, -0.05) is 13.3 Å². The molecule has 5 atom stereocenters. The third kappa shape index (κ3) is 4.89. The van der Waals surface area contributed by atoms with Gasteiger partial charge in [-0.05, 0) is 19.8 Å². The van der Waals surface area contributed by atoms with Crippen LogP contribution in [0.15, 0.2) is 0 Å². The molecule has 1 aliphatic rings. The molecule has 0 aliphatic carbocycles. The van der Waals surface area contributed by atoms with E-state index in [9.17, 15) is 10.2 Å². The smallest absolute Gasteiger partial charge is 0.161 e. The van der Waals surface area contributed by atoms with Crippen LogP contribution in [0, 0.1) is 0 Å². The minimum absolute atomic E-state index is 0.0605. The summed E-state index contributed by atoms with van der Waals surface area (Å²) in [6, 6.07) is 0. The van der Waals surface area contributed by atoms with E-state index in [4.69, 9.17) is 14.6 Å². The van der Waals surface area contributed by atoms with Gasteiger partial charge in [-0.25, -0.2) is 0 Å². The maximum absolute atomic E-state index is 9.57. The Kier molecular flexibility index (Phi) is 6.37. The minimum Gasteiger partial charge on any atom is -0.394 e. The van der Waals surface area contributed by atoms with Gasteiger partial charge in [-0.3, -0.25) is 0 Å². The van der Waals surface area contributed by atoms with Crippen LogP contribution in [0.2, 0.25) is 0 Å². The van der Waals surface area contributed by atoms with Crippen LogP contribution < -0.4 is 0 Å². The highest BCUT2D eigenvalue weighted by atomic mass is 16.7. The average Bonchev–Trinajstić information content (AvgIpc) is 2.58. The van der Waals surface area contributed by atoms with Crippen molar-refractivity contribution in [2.45, 2.75) is 70.2 Å². The molecule has 0 spiro atoms. The lowest BCUT2D eigenvalue weighted by Gasteiger charge is -2.22. The Labute approximate surface area is 102 Å². The number of hydrogen-bond donors (Lipinski definition) is 3. The molecule has 1 heterocycles. The van der Waals surface area contributed by atoms with Crippen molar-refractivity contribution in [3.8, 4) is 0 Å². The van der Waals surface area contributed by atoms with E-state index in [1.165, 1.54) is 0 Å². The normalized spacial score (nSPS) is 32.6. The summed E-state index contributed by atoms with van der Waals surface area (Å²) in [6.07, 6.45) is 0.603. The molecule has 0 radical (unpaired) electrons. The van der Waals surface area contributed by atoms with Crippen LogP contribution in [0.5, 0.6) is 0 Å². The third-order valence-corrected chi connectivity index (χ3v) is 2.93. The summed E-state index contributed by atoms with van der Waals surface area (Å²) in [5.41, 5.74) is 0. The summed E-state index contributed by atoms with van der Waals surface area (Å²) in [6.45, 7) is 3.59. The predicted octanol–water partition coefficient (Wildman–Crippen LogP) is 0.411. The van der Waals surface area contributed by atoms with Crippen molar-refractivity contribution >= 4 is 0 Å². The van der Waals surface area contributed by atoms with Crippen molar-refractivity contribution < 1.29 is 24.8 Å². The van der Waals surface area contributed by atoms with Crippen molar-refractivity contribution in [1.29, 1.82) is 0 Å². The summed E-state index contributed by atoms with van der Waals surface area (Å²) >= 11 is 0. The van der Waals surface area contributed by atoms with Crippen LogP contribution in [-0.2, 0) is 9.47 Å². The SMILES string of the molecule is CCCC(CC(C)O)OC1CC(O)[C@H](CO)O1.